The highest BCUT2D eigenvalue weighted by atomic mass is 16.4. The van der Waals surface area contributed by atoms with Crippen molar-refractivity contribution in [1.29, 1.82) is 0 Å². The minimum atomic E-state index is -0.726. The van der Waals surface area contributed by atoms with E-state index in [1.165, 1.54) is 0 Å². The molecule has 4 nitrogen and oxygen atoms in total. The molecule has 0 radical (unpaired) electrons. The number of carboxylic acid groups (broad SMARTS) is 2. The normalized spacial score (nSPS) is 9.50. The zero-order chi connectivity index (χ0) is 11.5. The molecule has 0 aromatic rings. The van der Waals surface area contributed by atoms with Gasteiger partial charge in [0, 0.05) is 12.8 Å². The summed E-state index contributed by atoms with van der Waals surface area (Å²) in [7, 11) is 0. The number of unbranched alkanes of at least 4 members (excludes halogenated alkanes) is 6. The van der Waals surface area contributed by atoms with Gasteiger partial charge in [0.05, 0.1) is 0 Å². The number of carboxylic acids is 2. The minimum absolute atomic E-state index is 0. The maximum Gasteiger partial charge on any atom is 0.303 e. The van der Waals surface area contributed by atoms with Crippen LogP contribution in [-0.4, -0.2) is 22.2 Å². The smallest absolute Gasteiger partial charge is 0.303 e. The number of hydrogen-bond donors (Lipinski definition) is 2. The van der Waals surface area contributed by atoms with Crippen molar-refractivity contribution < 1.29 is 19.8 Å². The second kappa shape index (κ2) is 12.0. The van der Waals surface area contributed by atoms with Crippen LogP contribution in [0.1, 0.15) is 65.2 Å². The molecule has 0 aliphatic carbocycles. The number of rotatable bonds is 10. The number of hydrogen-bond acceptors (Lipinski definition) is 2. The molecule has 0 aromatic heterocycles. The molecule has 96 valence electrons. The summed E-state index contributed by atoms with van der Waals surface area (Å²) in [4.78, 5) is 20.4. The molecule has 16 heavy (non-hydrogen) atoms. The van der Waals surface area contributed by atoms with Crippen molar-refractivity contribution in [3.05, 3.63) is 0 Å². The van der Waals surface area contributed by atoms with E-state index in [9.17, 15) is 9.59 Å². The first-order valence-corrected chi connectivity index (χ1v) is 5.56. The lowest BCUT2D eigenvalue weighted by Gasteiger charge is -1.99. The Morgan fingerprint density at radius 3 is 1.12 bits per heavy atom. The molecular weight excluding hydrogens is 208 g/mol. The standard InChI is InChI=1S/C11H20O4.CH4/c12-10(13)8-6-4-2-1-3-5-7-9-11(14)15;/h1-9H2,(H,12,13)(H,14,15);1H4. The lowest BCUT2D eigenvalue weighted by Crippen LogP contribution is -1.94. The molecule has 4 heteroatoms. The maximum absolute atomic E-state index is 10.2. The van der Waals surface area contributed by atoms with Crippen LogP contribution in [0.5, 0.6) is 0 Å². The molecule has 0 amide bonds. The van der Waals surface area contributed by atoms with Crippen LogP contribution in [0.25, 0.3) is 0 Å². The topological polar surface area (TPSA) is 74.6 Å². The van der Waals surface area contributed by atoms with Gasteiger partial charge >= 0.3 is 11.9 Å². The van der Waals surface area contributed by atoms with Gasteiger partial charge in [0.1, 0.15) is 0 Å². The summed E-state index contributed by atoms with van der Waals surface area (Å²) in [6.07, 6.45) is 7.16. The summed E-state index contributed by atoms with van der Waals surface area (Å²) in [5.74, 6) is -1.45. The van der Waals surface area contributed by atoms with E-state index in [4.69, 9.17) is 10.2 Å². The lowest BCUT2D eigenvalue weighted by molar-refractivity contribution is -0.138. The molecule has 0 saturated carbocycles. The summed E-state index contributed by atoms with van der Waals surface area (Å²) in [6, 6.07) is 0. The van der Waals surface area contributed by atoms with Gasteiger partial charge in [-0.15, -0.1) is 0 Å². The van der Waals surface area contributed by atoms with E-state index < -0.39 is 11.9 Å². The fourth-order valence-electron chi connectivity index (χ4n) is 1.44. The summed E-state index contributed by atoms with van der Waals surface area (Å²) in [5.41, 5.74) is 0. The third-order valence-corrected chi connectivity index (χ3v) is 2.28. The van der Waals surface area contributed by atoms with Crippen LogP contribution in [0.4, 0.5) is 0 Å². The van der Waals surface area contributed by atoms with Gasteiger partial charge in [0.15, 0.2) is 0 Å². The van der Waals surface area contributed by atoms with E-state index >= 15 is 0 Å². The molecule has 2 N–H and O–H groups in total. The zero-order valence-corrected chi connectivity index (χ0v) is 9.07. The first-order chi connectivity index (χ1) is 7.13. The van der Waals surface area contributed by atoms with Gasteiger partial charge in [-0.2, -0.15) is 0 Å². The molecule has 0 atom stereocenters. The molecule has 0 heterocycles. The summed E-state index contributed by atoms with van der Waals surface area (Å²) < 4.78 is 0. The van der Waals surface area contributed by atoms with E-state index in [-0.39, 0.29) is 20.3 Å². The van der Waals surface area contributed by atoms with Crippen LogP contribution in [0.15, 0.2) is 0 Å². The first kappa shape index (κ1) is 17.3. The fourth-order valence-corrected chi connectivity index (χ4v) is 1.44. The molecule has 0 rings (SSSR count). The van der Waals surface area contributed by atoms with Crippen LogP contribution in [0.2, 0.25) is 0 Å². The molecule has 0 bridgehead atoms. The highest BCUT2D eigenvalue weighted by Gasteiger charge is 1.98. The first-order valence-electron chi connectivity index (χ1n) is 5.56. The highest BCUT2D eigenvalue weighted by molar-refractivity contribution is 5.66. The average Bonchev–Trinajstić information content (AvgIpc) is 2.14. The van der Waals surface area contributed by atoms with E-state index in [0.717, 1.165) is 44.9 Å². The maximum atomic E-state index is 10.2. The van der Waals surface area contributed by atoms with Crippen LogP contribution >= 0.6 is 0 Å². The van der Waals surface area contributed by atoms with Crippen molar-refractivity contribution in [2.75, 3.05) is 0 Å². The average molecular weight is 232 g/mol. The van der Waals surface area contributed by atoms with E-state index in [1.54, 1.807) is 0 Å². The van der Waals surface area contributed by atoms with Crippen molar-refractivity contribution in [2.24, 2.45) is 0 Å². The Morgan fingerprint density at radius 2 is 0.875 bits per heavy atom. The summed E-state index contributed by atoms with van der Waals surface area (Å²) >= 11 is 0. The van der Waals surface area contributed by atoms with Gasteiger partial charge < -0.3 is 10.2 Å². The van der Waals surface area contributed by atoms with Gasteiger partial charge in [-0.1, -0.05) is 39.5 Å². The second-order valence-electron chi connectivity index (χ2n) is 3.76. The fraction of sp³-hybridized carbons (Fsp3) is 0.833. The summed E-state index contributed by atoms with van der Waals surface area (Å²) in [6.45, 7) is 0. The lowest BCUT2D eigenvalue weighted by atomic mass is 10.1. The molecular formula is C12H24O4. The van der Waals surface area contributed by atoms with Gasteiger partial charge in [0.2, 0.25) is 0 Å². The predicted octanol–water partition coefficient (Wildman–Crippen LogP) is 3.30. The van der Waals surface area contributed by atoms with Crippen molar-refractivity contribution in [1.82, 2.24) is 0 Å². The minimum Gasteiger partial charge on any atom is -0.481 e. The van der Waals surface area contributed by atoms with Crippen molar-refractivity contribution in [3.8, 4) is 0 Å². The second-order valence-corrected chi connectivity index (χ2v) is 3.76. The SMILES string of the molecule is C.O=C(O)CCCCCCCCCC(=O)O. The Labute approximate surface area is 97.7 Å². The van der Waals surface area contributed by atoms with Gasteiger partial charge in [-0.25, -0.2) is 0 Å². The zero-order valence-electron chi connectivity index (χ0n) is 9.07. The number of carbonyl (C=O) groups is 2. The third-order valence-electron chi connectivity index (χ3n) is 2.28. The Hall–Kier alpha value is -1.06. The van der Waals surface area contributed by atoms with Gasteiger partial charge in [0.25, 0.3) is 0 Å². The Bertz CT molecular complexity index is 169. The summed E-state index contributed by atoms with van der Waals surface area (Å²) in [5, 5.41) is 16.8. The van der Waals surface area contributed by atoms with Crippen molar-refractivity contribution in [3.63, 3.8) is 0 Å². The largest absolute Gasteiger partial charge is 0.481 e. The quantitative estimate of drug-likeness (QED) is 0.567. The van der Waals surface area contributed by atoms with Crippen LogP contribution in [-0.2, 0) is 9.59 Å². The van der Waals surface area contributed by atoms with Crippen LogP contribution < -0.4 is 0 Å². The monoisotopic (exact) mass is 232 g/mol. The van der Waals surface area contributed by atoms with Crippen molar-refractivity contribution in [2.45, 2.75) is 65.2 Å². The third kappa shape index (κ3) is 15.4. The highest BCUT2D eigenvalue weighted by Crippen LogP contribution is 2.09. The van der Waals surface area contributed by atoms with Crippen LogP contribution in [0.3, 0.4) is 0 Å². The Morgan fingerprint density at radius 1 is 0.625 bits per heavy atom. The van der Waals surface area contributed by atoms with Crippen molar-refractivity contribution >= 4 is 11.9 Å². The Kier molecular flexibility index (Phi) is 13.0. The van der Waals surface area contributed by atoms with Gasteiger partial charge in [-0.3, -0.25) is 9.59 Å². The Balaban J connectivity index is 0. The molecule has 0 aliphatic heterocycles. The molecule has 0 saturated heterocycles. The number of aliphatic carboxylic acids is 2. The molecule has 0 spiro atoms. The molecule has 0 unspecified atom stereocenters. The van der Waals surface area contributed by atoms with E-state index in [0.29, 0.717) is 0 Å². The van der Waals surface area contributed by atoms with Gasteiger partial charge in [-0.05, 0) is 12.8 Å². The molecule has 0 aromatic carbocycles. The van der Waals surface area contributed by atoms with E-state index in [1.807, 2.05) is 0 Å². The van der Waals surface area contributed by atoms with E-state index in [2.05, 4.69) is 0 Å². The molecule has 0 fully saturated rings. The predicted molar refractivity (Wildman–Crippen MR) is 63.6 cm³/mol. The molecule has 0 aliphatic rings. The van der Waals surface area contributed by atoms with Crippen LogP contribution in [0, 0.1) is 0 Å².